The number of rotatable bonds is 2. The molecule has 7 heteroatoms. The van der Waals surface area contributed by atoms with Crippen LogP contribution in [0.4, 0.5) is 5.95 Å². The fraction of sp³-hybridized carbons (Fsp3) is 0.385. The van der Waals surface area contributed by atoms with E-state index in [4.69, 9.17) is 11.6 Å². The number of hydrogen-bond donors (Lipinski definition) is 2. The third-order valence-electron chi connectivity index (χ3n) is 3.31. The van der Waals surface area contributed by atoms with Crippen molar-refractivity contribution in [1.82, 2.24) is 20.5 Å². The zero-order valence-electron chi connectivity index (χ0n) is 11.0. The van der Waals surface area contributed by atoms with Gasteiger partial charge in [0.2, 0.25) is 5.95 Å². The molecule has 1 aliphatic heterocycles. The number of H-pyrrole nitrogens is 1. The Labute approximate surface area is 130 Å². The van der Waals surface area contributed by atoms with E-state index in [2.05, 4.69) is 48.3 Å². The van der Waals surface area contributed by atoms with Gasteiger partial charge in [0.1, 0.15) is 0 Å². The minimum absolute atomic E-state index is 0.445. The SMILES string of the molecule is C[C@@H]1CN(c2n[nH]c(-c3cc(Br)ccc3Cl)n2)CCN1. The Morgan fingerprint density at radius 1 is 1.45 bits per heavy atom. The molecule has 1 aliphatic rings. The second kappa shape index (κ2) is 5.71. The predicted octanol–water partition coefficient (Wildman–Crippen LogP) is 2.69. The summed E-state index contributed by atoms with van der Waals surface area (Å²) in [5.41, 5.74) is 0.850. The number of halogens is 2. The van der Waals surface area contributed by atoms with Gasteiger partial charge >= 0.3 is 0 Å². The van der Waals surface area contributed by atoms with Gasteiger partial charge in [-0.15, -0.1) is 5.10 Å². The van der Waals surface area contributed by atoms with Crippen LogP contribution < -0.4 is 10.2 Å². The highest BCUT2D eigenvalue weighted by Gasteiger charge is 2.20. The Morgan fingerprint density at radius 3 is 3.10 bits per heavy atom. The van der Waals surface area contributed by atoms with Gasteiger partial charge in [0.15, 0.2) is 5.82 Å². The molecular formula is C13H15BrClN5. The molecule has 2 heterocycles. The van der Waals surface area contributed by atoms with Crippen LogP contribution >= 0.6 is 27.5 Å². The van der Waals surface area contributed by atoms with Gasteiger partial charge in [-0.25, -0.2) is 0 Å². The summed E-state index contributed by atoms with van der Waals surface area (Å²) in [6.07, 6.45) is 0. The zero-order chi connectivity index (χ0) is 14.1. The highest BCUT2D eigenvalue weighted by atomic mass is 79.9. The number of aromatic nitrogens is 3. The second-order valence-electron chi connectivity index (χ2n) is 4.91. The highest BCUT2D eigenvalue weighted by Crippen LogP contribution is 2.29. The number of nitrogens with one attached hydrogen (secondary N) is 2. The van der Waals surface area contributed by atoms with Crippen molar-refractivity contribution in [2.24, 2.45) is 0 Å². The summed E-state index contributed by atoms with van der Waals surface area (Å²) in [6, 6.07) is 6.13. The molecule has 0 spiro atoms. The lowest BCUT2D eigenvalue weighted by molar-refractivity contribution is 0.480. The number of hydrogen-bond acceptors (Lipinski definition) is 4. The first-order valence-corrected chi connectivity index (χ1v) is 7.67. The lowest BCUT2D eigenvalue weighted by atomic mass is 10.2. The summed E-state index contributed by atoms with van der Waals surface area (Å²) in [5.74, 6) is 1.42. The maximum atomic E-state index is 6.22. The van der Waals surface area contributed by atoms with Crippen molar-refractivity contribution in [2.75, 3.05) is 24.5 Å². The normalized spacial score (nSPS) is 19.4. The predicted molar refractivity (Wildman–Crippen MR) is 84.2 cm³/mol. The summed E-state index contributed by atoms with van der Waals surface area (Å²) in [4.78, 5) is 6.74. The monoisotopic (exact) mass is 355 g/mol. The van der Waals surface area contributed by atoms with Crippen LogP contribution in [0.3, 0.4) is 0 Å². The van der Waals surface area contributed by atoms with Gasteiger partial charge in [0.05, 0.1) is 5.02 Å². The Hall–Kier alpha value is -1.11. The molecule has 0 radical (unpaired) electrons. The van der Waals surface area contributed by atoms with Crippen LogP contribution in [-0.4, -0.2) is 40.9 Å². The summed E-state index contributed by atoms with van der Waals surface area (Å²) in [5, 5.41) is 11.3. The van der Waals surface area contributed by atoms with E-state index < -0.39 is 0 Å². The van der Waals surface area contributed by atoms with E-state index in [-0.39, 0.29) is 0 Å². The van der Waals surface area contributed by atoms with Gasteiger partial charge in [0.25, 0.3) is 0 Å². The number of anilines is 1. The quantitative estimate of drug-likeness (QED) is 0.868. The van der Waals surface area contributed by atoms with E-state index in [1.807, 2.05) is 18.2 Å². The van der Waals surface area contributed by atoms with E-state index in [0.29, 0.717) is 16.9 Å². The molecule has 0 saturated carbocycles. The zero-order valence-corrected chi connectivity index (χ0v) is 13.4. The van der Waals surface area contributed by atoms with E-state index in [0.717, 1.165) is 35.6 Å². The van der Waals surface area contributed by atoms with Gasteiger partial charge in [-0.05, 0) is 25.1 Å². The maximum absolute atomic E-state index is 6.22. The highest BCUT2D eigenvalue weighted by molar-refractivity contribution is 9.10. The topological polar surface area (TPSA) is 56.8 Å². The van der Waals surface area contributed by atoms with Gasteiger partial charge in [-0.1, -0.05) is 27.5 Å². The lowest BCUT2D eigenvalue weighted by Gasteiger charge is -2.30. The van der Waals surface area contributed by atoms with Gasteiger partial charge in [-0.3, -0.25) is 5.10 Å². The molecule has 0 amide bonds. The van der Waals surface area contributed by atoms with Crippen molar-refractivity contribution in [3.8, 4) is 11.4 Å². The van der Waals surface area contributed by atoms with Crippen molar-refractivity contribution < 1.29 is 0 Å². The molecule has 0 aliphatic carbocycles. The minimum atomic E-state index is 0.445. The van der Waals surface area contributed by atoms with Crippen LogP contribution in [0, 0.1) is 0 Å². The molecule has 106 valence electrons. The lowest BCUT2D eigenvalue weighted by Crippen LogP contribution is -2.49. The van der Waals surface area contributed by atoms with Crippen LogP contribution in [-0.2, 0) is 0 Å². The minimum Gasteiger partial charge on any atom is -0.337 e. The first-order chi connectivity index (χ1) is 9.63. The second-order valence-corrected chi connectivity index (χ2v) is 6.23. The van der Waals surface area contributed by atoms with Crippen LogP contribution in [0.15, 0.2) is 22.7 Å². The summed E-state index contributed by atoms with van der Waals surface area (Å²) < 4.78 is 0.964. The van der Waals surface area contributed by atoms with Crippen molar-refractivity contribution in [1.29, 1.82) is 0 Å². The molecule has 0 unspecified atom stereocenters. The largest absolute Gasteiger partial charge is 0.337 e. The van der Waals surface area contributed by atoms with Gasteiger partial charge < -0.3 is 10.2 Å². The molecule has 1 fully saturated rings. The van der Waals surface area contributed by atoms with Crippen LogP contribution in [0.1, 0.15) is 6.92 Å². The number of piperazine rings is 1. The third-order valence-corrected chi connectivity index (χ3v) is 4.13. The summed E-state index contributed by atoms with van der Waals surface area (Å²) >= 11 is 9.66. The first kappa shape index (κ1) is 13.9. The van der Waals surface area contributed by atoms with Crippen molar-refractivity contribution in [3.05, 3.63) is 27.7 Å². The van der Waals surface area contributed by atoms with Crippen molar-refractivity contribution in [3.63, 3.8) is 0 Å². The molecule has 20 heavy (non-hydrogen) atoms. The molecular weight excluding hydrogens is 342 g/mol. The summed E-state index contributed by atoms with van der Waals surface area (Å²) in [7, 11) is 0. The van der Waals surface area contributed by atoms with Crippen LogP contribution in [0.2, 0.25) is 5.02 Å². The van der Waals surface area contributed by atoms with E-state index in [1.165, 1.54) is 0 Å². The van der Waals surface area contributed by atoms with Crippen LogP contribution in [0.25, 0.3) is 11.4 Å². The number of benzene rings is 1. The van der Waals surface area contributed by atoms with Crippen molar-refractivity contribution >= 4 is 33.5 Å². The smallest absolute Gasteiger partial charge is 0.245 e. The molecule has 1 atom stereocenters. The molecule has 2 N–H and O–H groups in total. The standard InChI is InChI=1S/C13H15BrClN5/c1-8-7-20(5-4-16-8)13-17-12(18-19-13)10-6-9(14)2-3-11(10)15/h2-3,6,8,16H,4-5,7H2,1H3,(H,17,18,19)/t8-/m1/s1. The Balaban J connectivity index is 1.88. The van der Waals surface area contributed by atoms with Crippen molar-refractivity contribution in [2.45, 2.75) is 13.0 Å². The fourth-order valence-electron chi connectivity index (χ4n) is 2.31. The fourth-order valence-corrected chi connectivity index (χ4v) is 2.88. The Kier molecular flexibility index (Phi) is 3.96. The molecule has 3 rings (SSSR count). The molecule has 0 bridgehead atoms. The molecule has 1 saturated heterocycles. The average molecular weight is 357 g/mol. The molecule has 1 aromatic carbocycles. The maximum Gasteiger partial charge on any atom is 0.245 e. The van der Waals surface area contributed by atoms with Crippen LogP contribution in [0.5, 0.6) is 0 Å². The third kappa shape index (κ3) is 2.82. The Bertz CT molecular complexity index is 615. The number of nitrogens with zero attached hydrogens (tertiary/aromatic N) is 3. The van der Waals surface area contributed by atoms with Gasteiger partial charge in [0, 0.05) is 35.7 Å². The number of aromatic amines is 1. The molecule has 5 nitrogen and oxygen atoms in total. The Morgan fingerprint density at radius 2 is 2.30 bits per heavy atom. The molecule has 1 aromatic heterocycles. The van der Waals surface area contributed by atoms with E-state index in [1.54, 1.807) is 0 Å². The van der Waals surface area contributed by atoms with E-state index in [9.17, 15) is 0 Å². The molecule has 2 aromatic rings. The summed E-state index contributed by atoms with van der Waals surface area (Å²) in [6.45, 7) is 4.92. The average Bonchev–Trinajstić information content (AvgIpc) is 2.91. The first-order valence-electron chi connectivity index (χ1n) is 6.49. The van der Waals surface area contributed by atoms with Gasteiger partial charge in [-0.2, -0.15) is 4.98 Å². The van der Waals surface area contributed by atoms with E-state index >= 15 is 0 Å².